The Morgan fingerprint density at radius 1 is 1.17 bits per heavy atom. The Balaban J connectivity index is 1.99. The third-order valence-electron chi connectivity index (χ3n) is 2.00. The van der Waals surface area contributed by atoms with Crippen molar-refractivity contribution >= 4 is 0 Å². The summed E-state index contributed by atoms with van der Waals surface area (Å²) in [6.07, 6.45) is 6.87. The number of ether oxygens (including phenoxy) is 1. The summed E-state index contributed by atoms with van der Waals surface area (Å²) in [7, 11) is 0. The summed E-state index contributed by atoms with van der Waals surface area (Å²) in [4.78, 5) is 0. The zero-order chi connectivity index (χ0) is 8.23. The zero-order valence-corrected chi connectivity index (χ0v) is 6.94. The highest BCUT2D eigenvalue weighted by Gasteiger charge is 2.09. The summed E-state index contributed by atoms with van der Waals surface area (Å²) in [5.41, 5.74) is 0. The van der Waals surface area contributed by atoms with Gasteiger partial charge in [0.15, 0.2) is 0 Å². The molecule has 1 aliphatic rings. The normalized spacial score (nSPS) is 21.2. The molecule has 62 valence electrons. The van der Waals surface area contributed by atoms with E-state index in [1.54, 1.807) is 0 Å². The van der Waals surface area contributed by atoms with Gasteiger partial charge in [-0.1, -0.05) is 24.3 Å². The maximum atomic E-state index is 5.69. The fraction of sp³-hybridized carbons (Fsp3) is 0.273. The van der Waals surface area contributed by atoms with Crippen LogP contribution in [0.3, 0.4) is 0 Å². The Labute approximate surface area is 72.7 Å². The minimum Gasteiger partial charge on any atom is -0.486 e. The first-order valence-electron chi connectivity index (χ1n) is 4.33. The van der Waals surface area contributed by atoms with E-state index in [0.29, 0.717) is 6.10 Å². The molecular formula is C11H12O. The molecule has 1 nitrogen and oxygen atoms in total. The number of allylic oxidation sites excluding steroid dienone is 1. The Kier molecular flexibility index (Phi) is 2.12. The molecule has 0 N–H and O–H groups in total. The van der Waals surface area contributed by atoms with Crippen molar-refractivity contribution in [1.82, 2.24) is 0 Å². The van der Waals surface area contributed by atoms with E-state index in [1.165, 1.54) is 0 Å². The molecule has 2 rings (SSSR count). The third kappa shape index (κ3) is 1.67. The molecule has 0 radical (unpaired) electrons. The maximum absolute atomic E-state index is 5.69. The second-order valence-electron chi connectivity index (χ2n) is 2.97. The molecule has 0 spiro atoms. The molecule has 0 amide bonds. The number of rotatable bonds is 2. The van der Waals surface area contributed by atoms with Gasteiger partial charge in [0, 0.05) is 0 Å². The highest BCUT2D eigenvalue weighted by molar-refractivity contribution is 5.22. The van der Waals surface area contributed by atoms with Crippen LogP contribution in [-0.2, 0) is 0 Å². The third-order valence-corrected chi connectivity index (χ3v) is 2.00. The molecule has 1 heteroatoms. The maximum Gasteiger partial charge on any atom is 0.120 e. The van der Waals surface area contributed by atoms with Crippen LogP contribution in [0.15, 0.2) is 42.5 Å². The summed E-state index contributed by atoms with van der Waals surface area (Å²) in [5, 5.41) is 0. The Morgan fingerprint density at radius 2 is 2.00 bits per heavy atom. The average Bonchev–Trinajstić information content (AvgIpc) is 2.59. The van der Waals surface area contributed by atoms with Gasteiger partial charge in [0.1, 0.15) is 11.9 Å². The zero-order valence-electron chi connectivity index (χ0n) is 6.94. The predicted molar refractivity (Wildman–Crippen MR) is 49.2 cm³/mol. The smallest absolute Gasteiger partial charge is 0.120 e. The number of benzene rings is 1. The highest BCUT2D eigenvalue weighted by atomic mass is 16.5. The molecule has 1 atom stereocenters. The fourth-order valence-corrected chi connectivity index (χ4v) is 1.38. The Hall–Kier alpha value is -1.24. The van der Waals surface area contributed by atoms with E-state index in [4.69, 9.17) is 4.74 Å². The SMILES string of the molecule is C1=CC(Oc2ccccc2)CC1. The molecule has 0 saturated carbocycles. The molecular weight excluding hydrogens is 148 g/mol. The van der Waals surface area contributed by atoms with Crippen molar-refractivity contribution in [1.29, 1.82) is 0 Å². The van der Waals surface area contributed by atoms with Crippen molar-refractivity contribution in [3.63, 3.8) is 0 Å². The van der Waals surface area contributed by atoms with Crippen LogP contribution in [0.25, 0.3) is 0 Å². The lowest BCUT2D eigenvalue weighted by molar-refractivity contribution is 0.249. The number of hydrogen-bond donors (Lipinski definition) is 0. The Bertz CT molecular complexity index is 264. The van der Waals surface area contributed by atoms with Crippen molar-refractivity contribution in [3.05, 3.63) is 42.5 Å². The topological polar surface area (TPSA) is 9.23 Å². The number of para-hydroxylation sites is 1. The van der Waals surface area contributed by atoms with Crippen LogP contribution in [0, 0.1) is 0 Å². The van der Waals surface area contributed by atoms with E-state index in [0.717, 1.165) is 18.6 Å². The van der Waals surface area contributed by atoms with Crippen LogP contribution in [0.1, 0.15) is 12.8 Å². The second kappa shape index (κ2) is 3.44. The van der Waals surface area contributed by atoms with E-state index in [2.05, 4.69) is 12.2 Å². The summed E-state index contributed by atoms with van der Waals surface area (Å²) >= 11 is 0. The van der Waals surface area contributed by atoms with Gasteiger partial charge in [-0.25, -0.2) is 0 Å². The highest BCUT2D eigenvalue weighted by Crippen LogP contribution is 2.17. The first kappa shape index (κ1) is 7.41. The molecule has 1 aliphatic carbocycles. The van der Waals surface area contributed by atoms with Crippen LogP contribution in [0.4, 0.5) is 0 Å². The molecule has 0 aromatic heterocycles. The predicted octanol–water partition coefficient (Wildman–Crippen LogP) is 2.78. The molecule has 0 saturated heterocycles. The van der Waals surface area contributed by atoms with Gasteiger partial charge in [-0.05, 0) is 31.1 Å². The molecule has 1 unspecified atom stereocenters. The van der Waals surface area contributed by atoms with Gasteiger partial charge in [0.2, 0.25) is 0 Å². The Morgan fingerprint density at radius 3 is 2.67 bits per heavy atom. The molecule has 0 bridgehead atoms. The van der Waals surface area contributed by atoms with Crippen molar-refractivity contribution in [3.8, 4) is 5.75 Å². The van der Waals surface area contributed by atoms with Crippen molar-refractivity contribution in [2.45, 2.75) is 18.9 Å². The van der Waals surface area contributed by atoms with Crippen molar-refractivity contribution in [2.24, 2.45) is 0 Å². The summed E-state index contributed by atoms with van der Waals surface area (Å²) in [5.74, 6) is 0.967. The van der Waals surface area contributed by atoms with Crippen LogP contribution >= 0.6 is 0 Å². The van der Waals surface area contributed by atoms with Crippen LogP contribution in [-0.4, -0.2) is 6.10 Å². The molecule has 0 heterocycles. The molecule has 1 aromatic carbocycles. The van der Waals surface area contributed by atoms with Crippen LogP contribution < -0.4 is 4.74 Å². The molecule has 12 heavy (non-hydrogen) atoms. The van der Waals surface area contributed by atoms with Gasteiger partial charge in [0.05, 0.1) is 0 Å². The minimum atomic E-state index is 0.299. The standard InChI is InChI=1S/C11H12O/c1-2-6-10(7-3-1)12-11-8-4-5-9-11/h1-4,6-8,11H,5,9H2. The van der Waals surface area contributed by atoms with E-state index in [9.17, 15) is 0 Å². The van der Waals surface area contributed by atoms with Crippen LogP contribution in [0.5, 0.6) is 5.75 Å². The minimum absolute atomic E-state index is 0.299. The second-order valence-corrected chi connectivity index (χ2v) is 2.97. The molecule has 0 aliphatic heterocycles. The lowest BCUT2D eigenvalue weighted by atomic mass is 10.3. The molecule has 0 fully saturated rings. The first-order chi connectivity index (χ1) is 5.95. The van der Waals surface area contributed by atoms with Crippen LogP contribution in [0.2, 0.25) is 0 Å². The average molecular weight is 160 g/mol. The van der Waals surface area contributed by atoms with Gasteiger partial charge < -0.3 is 4.74 Å². The first-order valence-corrected chi connectivity index (χ1v) is 4.33. The van der Waals surface area contributed by atoms with Crippen molar-refractivity contribution in [2.75, 3.05) is 0 Å². The van der Waals surface area contributed by atoms with Gasteiger partial charge in [0.25, 0.3) is 0 Å². The summed E-state index contributed by atoms with van der Waals surface area (Å²) in [6.45, 7) is 0. The summed E-state index contributed by atoms with van der Waals surface area (Å²) in [6, 6.07) is 9.97. The monoisotopic (exact) mass is 160 g/mol. The lowest BCUT2D eigenvalue weighted by Crippen LogP contribution is -2.09. The largest absolute Gasteiger partial charge is 0.486 e. The van der Waals surface area contributed by atoms with E-state index >= 15 is 0 Å². The van der Waals surface area contributed by atoms with Crippen molar-refractivity contribution < 1.29 is 4.74 Å². The quantitative estimate of drug-likeness (QED) is 0.604. The van der Waals surface area contributed by atoms with Gasteiger partial charge in [-0.3, -0.25) is 0 Å². The lowest BCUT2D eigenvalue weighted by Gasteiger charge is -2.10. The van der Waals surface area contributed by atoms with E-state index in [1.807, 2.05) is 30.3 Å². The summed E-state index contributed by atoms with van der Waals surface area (Å²) < 4.78 is 5.69. The van der Waals surface area contributed by atoms with Gasteiger partial charge in [-0.15, -0.1) is 0 Å². The number of hydrogen-bond acceptors (Lipinski definition) is 1. The van der Waals surface area contributed by atoms with Gasteiger partial charge >= 0.3 is 0 Å². The van der Waals surface area contributed by atoms with Gasteiger partial charge in [-0.2, -0.15) is 0 Å². The fourth-order valence-electron chi connectivity index (χ4n) is 1.38. The van der Waals surface area contributed by atoms with E-state index < -0.39 is 0 Å². The van der Waals surface area contributed by atoms with E-state index in [-0.39, 0.29) is 0 Å². The molecule has 1 aromatic rings.